The molecule has 12 heteroatoms. The van der Waals surface area contributed by atoms with Gasteiger partial charge in [-0.15, -0.1) is 0 Å². The van der Waals surface area contributed by atoms with Gasteiger partial charge in [0.25, 0.3) is 10.1 Å². The molecule has 1 atom stereocenters. The first-order chi connectivity index (χ1) is 19.9. The molecule has 5 rings (SSSR count). The Morgan fingerprint density at radius 1 is 0.952 bits per heavy atom. The SMILES string of the molecule is Cc1ccc(S(=O)(=O)O)cc1.OC(Cn1ccc(C=Cc2ccc(Cl)cc2)c1)(Cn1cncn1)c1ccc(F)cc1F. The molecule has 0 fully saturated rings. The van der Waals surface area contributed by atoms with Gasteiger partial charge in [0, 0.05) is 29.0 Å². The highest BCUT2D eigenvalue weighted by Crippen LogP contribution is 2.29. The Morgan fingerprint density at radius 3 is 2.26 bits per heavy atom. The Hall–Kier alpha value is -4.16. The third kappa shape index (κ3) is 8.43. The molecule has 2 aromatic heterocycles. The molecule has 2 heterocycles. The molecule has 0 radical (unpaired) electrons. The van der Waals surface area contributed by atoms with Crippen LogP contribution in [0.3, 0.4) is 0 Å². The second-order valence-corrected chi connectivity index (χ2v) is 11.4. The van der Waals surface area contributed by atoms with E-state index in [0.717, 1.165) is 28.8 Å². The number of rotatable bonds is 8. The van der Waals surface area contributed by atoms with Gasteiger partial charge in [0.1, 0.15) is 29.9 Å². The summed E-state index contributed by atoms with van der Waals surface area (Å²) in [5.74, 6) is -1.53. The van der Waals surface area contributed by atoms with Gasteiger partial charge >= 0.3 is 0 Å². The molecule has 0 spiro atoms. The molecule has 218 valence electrons. The van der Waals surface area contributed by atoms with Crippen molar-refractivity contribution in [3.05, 3.63) is 137 Å². The van der Waals surface area contributed by atoms with E-state index in [0.29, 0.717) is 5.02 Å². The van der Waals surface area contributed by atoms with Crippen LogP contribution < -0.4 is 0 Å². The normalized spacial score (nSPS) is 13.0. The van der Waals surface area contributed by atoms with Crippen LogP contribution in [0.5, 0.6) is 0 Å². The summed E-state index contributed by atoms with van der Waals surface area (Å²) in [6.07, 6.45) is 10.3. The number of aliphatic hydroxyl groups is 1. The van der Waals surface area contributed by atoms with Gasteiger partial charge in [-0.2, -0.15) is 13.5 Å². The zero-order chi connectivity index (χ0) is 30.3. The minimum absolute atomic E-state index is 0.0173. The van der Waals surface area contributed by atoms with Crippen LogP contribution in [-0.2, 0) is 28.8 Å². The molecule has 0 aliphatic heterocycles. The second kappa shape index (κ2) is 13.2. The molecule has 2 N–H and O–H groups in total. The number of aromatic nitrogens is 4. The summed E-state index contributed by atoms with van der Waals surface area (Å²) in [5.41, 5.74) is 1.15. The first-order valence-electron chi connectivity index (χ1n) is 12.6. The molecule has 8 nitrogen and oxygen atoms in total. The van der Waals surface area contributed by atoms with Crippen LogP contribution in [-0.4, -0.2) is 37.4 Å². The van der Waals surface area contributed by atoms with E-state index in [9.17, 15) is 22.3 Å². The molecule has 0 amide bonds. The number of aryl methyl sites for hydroxylation is 1. The van der Waals surface area contributed by atoms with E-state index in [1.807, 2.05) is 55.6 Å². The van der Waals surface area contributed by atoms with Crippen molar-refractivity contribution in [1.29, 1.82) is 0 Å². The number of benzene rings is 3. The lowest BCUT2D eigenvalue weighted by Gasteiger charge is -2.29. The van der Waals surface area contributed by atoms with E-state index in [1.54, 1.807) is 22.9 Å². The van der Waals surface area contributed by atoms with Crippen LogP contribution in [0, 0.1) is 18.6 Å². The van der Waals surface area contributed by atoms with Crippen molar-refractivity contribution in [2.24, 2.45) is 0 Å². The first-order valence-corrected chi connectivity index (χ1v) is 14.4. The van der Waals surface area contributed by atoms with Crippen LogP contribution in [0.25, 0.3) is 12.2 Å². The topological polar surface area (TPSA) is 110 Å². The minimum atomic E-state index is -4.02. The second-order valence-electron chi connectivity index (χ2n) is 9.54. The zero-order valence-corrected chi connectivity index (χ0v) is 23.9. The lowest BCUT2D eigenvalue weighted by atomic mass is 9.92. The fraction of sp³-hybridized carbons (Fsp3) is 0.133. The highest BCUT2D eigenvalue weighted by Gasteiger charge is 2.34. The third-order valence-corrected chi connectivity index (χ3v) is 7.32. The van der Waals surface area contributed by atoms with Gasteiger partial charge in [-0.05, 0) is 54.4 Å². The highest BCUT2D eigenvalue weighted by atomic mass is 35.5. The Kier molecular flexibility index (Phi) is 9.69. The van der Waals surface area contributed by atoms with Crippen molar-refractivity contribution < 1.29 is 26.9 Å². The highest BCUT2D eigenvalue weighted by molar-refractivity contribution is 7.85. The van der Waals surface area contributed by atoms with Crippen molar-refractivity contribution in [2.45, 2.75) is 30.5 Å². The summed E-state index contributed by atoms with van der Waals surface area (Å²) in [4.78, 5) is 3.80. The molecule has 0 bridgehead atoms. The fourth-order valence-corrected chi connectivity index (χ4v) is 4.71. The first kappa shape index (κ1) is 30.8. The van der Waals surface area contributed by atoms with E-state index in [2.05, 4.69) is 10.1 Å². The quantitative estimate of drug-likeness (QED) is 0.208. The van der Waals surface area contributed by atoms with E-state index in [1.165, 1.54) is 35.5 Å². The molecule has 0 saturated carbocycles. The lowest BCUT2D eigenvalue weighted by Crippen LogP contribution is -2.37. The summed E-state index contributed by atoms with van der Waals surface area (Å²) in [6, 6.07) is 18.4. The van der Waals surface area contributed by atoms with Crippen LogP contribution in [0.1, 0.15) is 22.3 Å². The van der Waals surface area contributed by atoms with Crippen LogP contribution in [0.15, 0.2) is 103 Å². The van der Waals surface area contributed by atoms with Crippen molar-refractivity contribution in [3.63, 3.8) is 0 Å². The summed E-state index contributed by atoms with van der Waals surface area (Å²) in [7, 11) is -4.02. The average molecular weight is 613 g/mol. The molecule has 1 unspecified atom stereocenters. The Bertz CT molecular complexity index is 1760. The predicted octanol–water partition coefficient (Wildman–Crippen LogP) is 6.01. The van der Waals surface area contributed by atoms with E-state index >= 15 is 0 Å². The molecule has 0 aliphatic carbocycles. The van der Waals surface area contributed by atoms with Gasteiger partial charge in [0.05, 0.1) is 18.0 Å². The van der Waals surface area contributed by atoms with Crippen LogP contribution in [0.4, 0.5) is 8.78 Å². The van der Waals surface area contributed by atoms with E-state index in [4.69, 9.17) is 16.2 Å². The maximum atomic E-state index is 14.5. The third-order valence-electron chi connectivity index (χ3n) is 6.20. The average Bonchev–Trinajstić information content (AvgIpc) is 3.60. The molecule has 0 aliphatic rings. The van der Waals surface area contributed by atoms with Gasteiger partial charge < -0.3 is 9.67 Å². The van der Waals surface area contributed by atoms with Gasteiger partial charge in [0.15, 0.2) is 0 Å². The molecule has 42 heavy (non-hydrogen) atoms. The van der Waals surface area contributed by atoms with Crippen molar-refractivity contribution in [2.75, 3.05) is 0 Å². The Balaban J connectivity index is 0.000000310. The summed E-state index contributed by atoms with van der Waals surface area (Å²) in [6.45, 7) is 1.82. The summed E-state index contributed by atoms with van der Waals surface area (Å²) >= 11 is 5.91. The molecular weight excluding hydrogens is 586 g/mol. The maximum absolute atomic E-state index is 14.5. The molecule has 0 saturated heterocycles. The van der Waals surface area contributed by atoms with Gasteiger partial charge in [-0.1, -0.05) is 59.6 Å². The summed E-state index contributed by atoms with van der Waals surface area (Å²) in [5, 5.41) is 16.1. The number of hydrogen-bond donors (Lipinski definition) is 2. The molecule has 3 aromatic carbocycles. The van der Waals surface area contributed by atoms with Gasteiger partial charge in [-0.3, -0.25) is 4.55 Å². The summed E-state index contributed by atoms with van der Waals surface area (Å²) < 4.78 is 60.7. The fourth-order valence-electron chi connectivity index (χ4n) is 4.10. The largest absolute Gasteiger partial charge is 0.381 e. The van der Waals surface area contributed by atoms with Crippen LogP contribution in [0.2, 0.25) is 5.02 Å². The predicted molar refractivity (Wildman–Crippen MR) is 156 cm³/mol. The van der Waals surface area contributed by atoms with Crippen LogP contribution >= 0.6 is 11.6 Å². The zero-order valence-electron chi connectivity index (χ0n) is 22.3. The van der Waals surface area contributed by atoms with Gasteiger partial charge in [0.2, 0.25) is 0 Å². The number of hydrogen-bond acceptors (Lipinski definition) is 5. The number of halogens is 3. The molecular formula is C30H27ClF2N4O4S. The van der Waals surface area contributed by atoms with E-state index in [-0.39, 0.29) is 23.5 Å². The monoisotopic (exact) mass is 612 g/mol. The lowest BCUT2D eigenvalue weighted by molar-refractivity contribution is -0.00534. The van der Waals surface area contributed by atoms with Crippen molar-refractivity contribution in [3.8, 4) is 0 Å². The number of nitrogens with zero attached hydrogens (tertiary/aromatic N) is 4. The maximum Gasteiger partial charge on any atom is 0.294 e. The van der Waals surface area contributed by atoms with E-state index < -0.39 is 27.4 Å². The minimum Gasteiger partial charge on any atom is -0.381 e. The molecule has 5 aromatic rings. The Labute approximate surface area is 246 Å². The Morgan fingerprint density at radius 2 is 1.64 bits per heavy atom. The standard InChI is InChI=1S/C23H19ClF2N4O.C7H8O3S/c24-19-5-3-17(4-6-19)1-2-18-9-10-29(12-18)13-23(31,14-30-16-27-15-28-30)21-8-7-20(25)11-22(21)26;1-6-2-4-7(5-3-6)11(8,9)10/h1-12,15-16,31H,13-14H2;2-5H,1H3,(H,8,9,10). The smallest absolute Gasteiger partial charge is 0.294 e. The van der Waals surface area contributed by atoms with Crippen molar-refractivity contribution in [1.82, 2.24) is 19.3 Å². The van der Waals surface area contributed by atoms with Crippen molar-refractivity contribution >= 4 is 33.9 Å². The van der Waals surface area contributed by atoms with Gasteiger partial charge in [-0.25, -0.2) is 18.4 Å².